The van der Waals surface area contributed by atoms with Crippen molar-refractivity contribution in [1.29, 1.82) is 0 Å². The number of halogens is 1. The molecule has 2 unspecified atom stereocenters. The van der Waals surface area contributed by atoms with Gasteiger partial charge in [-0.2, -0.15) is 0 Å². The first-order valence-corrected chi connectivity index (χ1v) is 6.08. The predicted octanol–water partition coefficient (Wildman–Crippen LogP) is 4.12. The van der Waals surface area contributed by atoms with Gasteiger partial charge in [0.2, 0.25) is 0 Å². The lowest BCUT2D eigenvalue weighted by Crippen LogP contribution is -2.17. The van der Waals surface area contributed by atoms with Crippen molar-refractivity contribution in [1.82, 2.24) is 0 Å². The molecule has 3 saturated carbocycles. The molecule has 0 heterocycles. The monoisotopic (exact) mass is 208 g/mol. The minimum absolute atomic E-state index is 0.518. The van der Waals surface area contributed by atoms with Crippen LogP contribution in [-0.4, -0.2) is 0 Å². The average Bonchev–Trinajstić information content (AvgIpc) is 2.91. The molecule has 0 aromatic rings. The molecule has 0 aromatic heterocycles. The molecule has 3 aliphatic rings. The Kier molecular flexibility index (Phi) is 1.59. The summed E-state index contributed by atoms with van der Waals surface area (Å²) in [5.74, 6) is 1.86. The van der Waals surface area contributed by atoms with Crippen molar-refractivity contribution in [2.45, 2.75) is 33.1 Å². The van der Waals surface area contributed by atoms with E-state index in [1.807, 2.05) is 0 Å². The lowest BCUT2D eigenvalue weighted by atomic mass is 9.78. The first-order valence-electron chi connectivity index (χ1n) is 5.64. The molecule has 0 amide bonds. The second-order valence-corrected chi connectivity index (χ2v) is 5.67. The highest BCUT2D eigenvalue weighted by Gasteiger charge is 2.95. The van der Waals surface area contributed by atoms with Crippen molar-refractivity contribution < 1.29 is 0 Å². The van der Waals surface area contributed by atoms with Gasteiger partial charge in [0.15, 0.2) is 0 Å². The fourth-order valence-electron chi connectivity index (χ4n) is 4.46. The van der Waals surface area contributed by atoms with Crippen molar-refractivity contribution >= 4 is 11.6 Å². The van der Waals surface area contributed by atoms with Crippen molar-refractivity contribution in [2.75, 3.05) is 0 Å². The van der Waals surface area contributed by atoms with Crippen LogP contribution >= 0.6 is 11.6 Å². The van der Waals surface area contributed by atoms with Crippen LogP contribution in [0, 0.1) is 22.7 Å². The third-order valence-electron chi connectivity index (χ3n) is 4.74. The highest BCUT2D eigenvalue weighted by atomic mass is 35.5. The highest BCUT2D eigenvalue weighted by Crippen LogP contribution is 2.98. The zero-order chi connectivity index (χ0) is 9.97. The molecule has 3 aliphatic carbocycles. The quantitative estimate of drug-likeness (QED) is 0.599. The molecule has 0 N–H and O–H groups in total. The topological polar surface area (TPSA) is 0 Å². The molecule has 3 fully saturated rings. The summed E-state index contributed by atoms with van der Waals surface area (Å²) in [6.45, 7) is 4.44. The Balaban J connectivity index is 1.95. The lowest BCUT2D eigenvalue weighted by molar-refractivity contribution is 0.273. The fourth-order valence-corrected chi connectivity index (χ4v) is 4.67. The molecule has 0 nitrogen and oxygen atoms in total. The van der Waals surface area contributed by atoms with E-state index in [0.717, 1.165) is 11.8 Å². The molecule has 0 spiro atoms. The lowest BCUT2D eigenvalue weighted by Gasteiger charge is -2.26. The number of hydrogen-bond donors (Lipinski definition) is 0. The van der Waals surface area contributed by atoms with E-state index in [1.54, 1.807) is 5.54 Å². The average molecular weight is 209 g/mol. The summed E-state index contributed by atoms with van der Waals surface area (Å²) in [7, 11) is 0. The Bertz CT molecular complexity index is 321. The molecule has 2 atom stereocenters. The van der Waals surface area contributed by atoms with Crippen LogP contribution in [0.4, 0.5) is 0 Å². The van der Waals surface area contributed by atoms with E-state index in [2.05, 4.69) is 26.0 Å². The van der Waals surface area contributed by atoms with Crippen LogP contribution in [0.15, 0.2) is 23.3 Å². The number of rotatable bonds is 2. The molecule has 14 heavy (non-hydrogen) atoms. The van der Waals surface area contributed by atoms with Crippen LogP contribution in [-0.2, 0) is 0 Å². The Morgan fingerprint density at radius 2 is 1.86 bits per heavy atom. The first-order chi connectivity index (χ1) is 6.70. The molecule has 76 valence electrons. The standard InChI is InChI=1S/C13H17Cl/c1-9(2)8-13-10-4-3-5-11(13)12(10,13)6-7-14/h6-8,10-11H,3-5H2,1-2H3/b7-6+. The summed E-state index contributed by atoms with van der Waals surface area (Å²) >= 11 is 5.76. The minimum Gasteiger partial charge on any atom is -0.0933 e. The Hall–Kier alpha value is -0.230. The smallest absolute Gasteiger partial charge is 0.00643 e. The van der Waals surface area contributed by atoms with Gasteiger partial charge in [0.05, 0.1) is 0 Å². The van der Waals surface area contributed by atoms with Crippen molar-refractivity contribution in [2.24, 2.45) is 22.7 Å². The van der Waals surface area contributed by atoms with Gasteiger partial charge < -0.3 is 0 Å². The summed E-state index contributed by atoms with van der Waals surface area (Å²) in [5.41, 5.74) is 4.31. The van der Waals surface area contributed by atoms with Gasteiger partial charge in [-0.3, -0.25) is 0 Å². The molecule has 0 bridgehead atoms. The second kappa shape index (κ2) is 2.47. The van der Waals surface area contributed by atoms with E-state index in [9.17, 15) is 0 Å². The molecular formula is C13H17Cl. The van der Waals surface area contributed by atoms with E-state index in [-0.39, 0.29) is 0 Å². The van der Waals surface area contributed by atoms with Crippen LogP contribution in [0.1, 0.15) is 33.1 Å². The van der Waals surface area contributed by atoms with Crippen molar-refractivity contribution in [3.8, 4) is 0 Å². The van der Waals surface area contributed by atoms with Crippen LogP contribution < -0.4 is 0 Å². The van der Waals surface area contributed by atoms with Gasteiger partial charge in [0.25, 0.3) is 0 Å². The van der Waals surface area contributed by atoms with Gasteiger partial charge >= 0.3 is 0 Å². The first kappa shape index (κ1) is 9.03. The molecule has 3 rings (SSSR count). The van der Waals surface area contributed by atoms with Crippen LogP contribution in [0.3, 0.4) is 0 Å². The van der Waals surface area contributed by atoms with Gasteiger partial charge in [-0.15, -0.1) is 0 Å². The summed E-state index contributed by atoms with van der Waals surface area (Å²) in [5, 5.41) is 0. The summed E-state index contributed by atoms with van der Waals surface area (Å²) in [6, 6.07) is 0. The second-order valence-electron chi connectivity index (χ2n) is 5.42. The number of fused-ring (bicyclic) bond motifs is 2. The van der Waals surface area contributed by atoms with E-state index in [1.165, 1.54) is 24.8 Å². The van der Waals surface area contributed by atoms with E-state index >= 15 is 0 Å². The molecule has 1 heteroatoms. The molecule has 0 radical (unpaired) electrons. The van der Waals surface area contributed by atoms with E-state index in [4.69, 9.17) is 11.6 Å². The zero-order valence-electron chi connectivity index (χ0n) is 8.89. The minimum atomic E-state index is 0.518. The SMILES string of the molecule is CC(C)=CC12C3CCCC1C32/C=C/Cl. The van der Waals surface area contributed by atoms with Crippen molar-refractivity contribution in [3.63, 3.8) is 0 Å². The fraction of sp³-hybridized carbons (Fsp3) is 0.692. The molecule has 0 saturated heterocycles. The highest BCUT2D eigenvalue weighted by molar-refractivity contribution is 6.25. The third-order valence-corrected chi connectivity index (χ3v) is 4.87. The predicted molar refractivity (Wildman–Crippen MR) is 60.1 cm³/mol. The largest absolute Gasteiger partial charge is 0.0933 e. The number of allylic oxidation sites excluding steroid dienone is 3. The van der Waals surface area contributed by atoms with E-state index in [0.29, 0.717) is 10.8 Å². The van der Waals surface area contributed by atoms with Crippen LogP contribution in [0.25, 0.3) is 0 Å². The summed E-state index contributed by atoms with van der Waals surface area (Å²) in [4.78, 5) is 0. The van der Waals surface area contributed by atoms with Gasteiger partial charge in [0.1, 0.15) is 0 Å². The normalized spacial score (nSPS) is 52.8. The summed E-state index contributed by atoms with van der Waals surface area (Å²) < 4.78 is 0. The van der Waals surface area contributed by atoms with Gasteiger partial charge in [-0.1, -0.05) is 35.7 Å². The Labute approximate surface area is 91.0 Å². The van der Waals surface area contributed by atoms with E-state index < -0.39 is 0 Å². The third kappa shape index (κ3) is 0.713. The molecule has 0 aliphatic heterocycles. The summed E-state index contributed by atoms with van der Waals surface area (Å²) in [6.07, 6.45) is 9.08. The maximum absolute atomic E-state index is 5.76. The van der Waals surface area contributed by atoms with Gasteiger partial charge in [-0.25, -0.2) is 0 Å². The maximum atomic E-state index is 5.76. The van der Waals surface area contributed by atoms with Crippen LogP contribution in [0.2, 0.25) is 0 Å². The number of hydrogen-bond acceptors (Lipinski definition) is 0. The molecule has 0 aromatic carbocycles. The zero-order valence-corrected chi connectivity index (χ0v) is 9.64. The van der Waals surface area contributed by atoms with Crippen molar-refractivity contribution in [3.05, 3.63) is 23.3 Å². The Morgan fingerprint density at radius 1 is 1.21 bits per heavy atom. The molecular weight excluding hydrogens is 192 g/mol. The van der Waals surface area contributed by atoms with Gasteiger partial charge in [0, 0.05) is 16.4 Å². The van der Waals surface area contributed by atoms with Gasteiger partial charge in [-0.05, 0) is 38.5 Å². The maximum Gasteiger partial charge on any atom is 0.00643 e. The van der Waals surface area contributed by atoms with Crippen LogP contribution in [0.5, 0.6) is 0 Å². The Morgan fingerprint density at radius 3 is 2.36 bits per heavy atom.